The molecule has 2 fully saturated rings. The highest BCUT2D eigenvalue weighted by Gasteiger charge is 2.20. The van der Waals surface area contributed by atoms with Gasteiger partial charge < -0.3 is 25.2 Å². The molecule has 2 amide bonds. The van der Waals surface area contributed by atoms with Crippen molar-refractivity contribution < 1.29 is 18.7 Å². The van der Waals surface area contributed by atoms with Crippen LogP contribution < -0.4 is 20.4 Å². The van der Waals surface area contributed by atoms with Crippen molar-refractivity contribution in [3.8, 4) is 0 Å². The van der Waals surface area contributed by atoms with Crippen molar-refractivity contribution in [1.82, 2.24) is 9.97 Å². The van der Waals surface area contributed by atoms with Crippen LogP contribution in [0.25, 0.3) is 0 Å². The van der Waals surface area contributed by atoms with Crippen LogP contribution in [0.1, 0.15) is 58.5 Å². The maximum absolute atomic E-state index is 14.4. The zero-order valence-electron chi connectivity index (χ0n) is 23.0. The Morgan fingerprint density at radius 1 is 0.950 bits per heavy atom. The largest absolute Gasteiger partial charge is 0.381 e. The van der Waals surface area contributed by atoms with Gasteiger partial charge in [0.05, 0.1) is 35.0 Å². The summed E-state index contributed by atoms with van der Waals surface area (Å²) in [6, 6.07) is 10.0. The average molecular weight is 547 g/mol. The second-order valence-corrected chi connectivity index (χ2v) is 10.4. The highest BCUT2D eigenvalue weighted by atomic mass is 19.1. The lowest BCUT2D eigenvalue weighted by atomic mass is 10.1. The predicted octanol–water partition coefficient (Wildman–Crippen LogP) is 5.03. The van der Waals surface area contributed by atoms with E-state index in [-0.39, 0.29) is 11.5 Å². The monoisotopic (exact) mass is 546 g/mol. The number of rotatable bonds is 7. The van der Waals surface area contributed by atoms with Gasteiger partial charge in [-0.2, -0.15) is 0 Å². The van der Waals surface area contributed by atoms with Gasteiger partial charge in [0.2, 0.25) is 0 Å². The van der Waals surface area contributed by atoms with Crippen LogP contribution in [0.3, 0.4) is 0 Å². The van der Waals surface area contributed by atoms with Gasteiger partial charge in [0.25, 0.3) is 11.8 Å². The summed E-state index contributed by atoms with van der Waals surface area (Å²) in [6.45, 7) is 4.91. The Hall–Kier alpha value is -4.05. The topological polar surface area (TPSA) is 99.7 Å². The zero-order valence-corrected chi connectivity index (χ0v) is 23.0. The van der Waals surface area contributed by atoms with Crippen molar-refractivity contribution in [2.45, 2.75) is 45.1 Å². The Morgan fingerprint density at radius 2 is 1.68 bits per heavy atom. The Bertz CT molecular complexity index is 1350. The smallest absolute Gasteiger partial charge is 0.257 e. The summed E-state index contributed by atoms with van der Waals surface area (Å²) >= 11 is 0. The first-order valence-electron chi connectivity index (χ1n) is 13.8. The second-order valence-electron chi connectivity index (χ2n) is 10.4. The van der Waals surface area contributed by atoms with Gasteiger partial charge in [-0.25, -0.2) is 9.37 Å². The minimum absolute atomic E-state index is 0.212. The molecule has 0 spiro atoms. The Labute approximate surface area is 233 Å². The molecule has 0 bridgehead atoms. The van der Waals surface area contributed by atoms with Crippen molar-refractivity contribution in [2.75, 3.05) is 53.8 Å². The molecule has 0 radical (unpaired) electrons. The molecule has 2 aliphatic rings. The summed E-state index contributed by atoms with van der Waals surface area (Å²) in [6.07, 6.45) is 8.27. The van der Waals surface area contributed by atoms with Crippen LogP contribution in [0.15, 0.2) is 48.8 Å². The molecule has 0 aliphatic carbocycles. The maximum Gasteiger partial charge on any atom is 0.257 e. The van der Waals surface area contributed by atoms with Crippen LogP contribution in [-0.2, 0) is 4.74 Å². The van der Waals surface area contributed by atoms with Crippen LogP contribution in [0.5, 0.6) is 0 Å². The minimum atomic E-state index is -0.469. The molecule has 3 aromatic rings. The number of carbonyl (C=O) groups excluding carboxylic acids is 2. The Balaban J connectivity index is 1.25. The molecule has 2 saturated heterocycles. The first-order valence-corrected chi connectivity index (χ1v) is 13.8. The number of benzene rings is 1. The van der Waals surface area contributed by atoms with Crippen molar-refractivity contribution in [3.63, 3.8) is 0 Å². The van der Waals surface area contributed by atoms with E-state index in [1.165, 1.54) is 18.3 Å². The number of piperidine rings is 1. The van der Waals surface area contributed by atoms with Gasteiger partial charge in [-0.1, -0.05) is 0 Å². The number of ether oxygens (including phenoxy) is 1. The molecule has 10 heteroatoms. The van der Waals surface area contributed by atoms with E-state index >= 15 is 0 Å². The number of hydrogen-bond donors (Lipinski definition) is 2. The number of halogens is 1. The van der Waals surface area contributed by atoms with E-state index in [0.717, 1.165) is 64.2 Å². The van der Waals surface area contributed by atoms with Gasteiger partial charge in [-0.05, 0) is 75.4 Å². The second kappa shape index (κ2) is 12.4. The van der Waals surface area contributed by atoms with E-state index in [0.29, 0.717) is 34.4 Å². The van der Waals surface area contributed by atoms with Gasteiger partial charge in [0.1, 0.15) is 11.6 Å². The summed E-state index contributed by atoms with van der Waals surface area (Å²) in [7, 11) is 2.02. The predicted molar refractivity (Wildman–Crippen MR) is 154 cm³/mol. The van der Waals surface area contributed by atoms with Gasteiger partial charge >= 0.3 is 0 Å². The molecule has 4 heterocycles. The fourth-order valence-electron chi connectivity index (χ4n) is 5.20. The lowest BCUT2D eigenvalue weighted by molar-refractivity contribution is 0.0853. The van der Waals surface area contributed by atoms with Crippen LogP contribution >= 0.6 is 0 Å². The molecule has 5 rings (SSSR count). The molecular formula is C30H35FN6O3. The zero-order chi connectivity index (χ0) is 28.1. The number of aromatic nitrogens is 2. The molecule has 1 aromatic carbocycles. The third-order valence-corrected chi connectivity index (χ3v) is 7.56. The highest BCUT2D eigenvalue weighted by Crippen LogP contribution is 2.24. The molecule has 0 saturated carbocycles. The quantitative estimate of drug-likeness (QED) is 0.429. The van der Waals surface area contributed by atoms with E-state index in [1.807, 2.05) is 19.2 Å². The summed E-state index contributed by atoms with van der Waals surface area (Å²) in [4.78, 5) is 39.2. The molecule has 2 aromatic heterocycles. The van der Waals surface area contributed by atoms with Crippen LogP contribution in [-0.4, -0.2) is 61.2 Å². The lowest BCUT2D eigenvalue weighted by Gasteiger charge is -2.32. The summed E-state index contributed by atoms with van der Waals surface area (Å²) in [5, 5.41) is 5.62. The van der Waals surface area contributed by atoms with Crippen LogP contribution in [0.2, 0.25) is 0 Å². The number of nitrogens with zero attached hydrogens (tertiary/aromatic N) is 4. The minimum Gasteiger partial charge on any atom is -0.381 e. The third kappa shape index (κ3) is 6.56. The number of aryl methyl sites for hydroxylation is 1. The molecule has 0 unspecified atom stereocenters. The van der Waals surface area contributed by atoms with Gasteiger partial charge in [0, 0.05) is 50.6 Å². The number of anilines is 4. The lowest BCUT2D eigenvalue weighted by Crippen LogP contribution is -2.37. The van der Waals surface area contributed by atoms with Crippen LogP contribution in [0, 0.1) is 12.7 Å². The Morgan fingerprint density at radius 3 is 2.40 bits per heavy atom. The van der Waals surface area contributed by atoms with E-state index in [1.54, 1.807) is 25.3 Å². The molecule has 0 atom stereocenters. The molecule has 9 nitrogen and oxygen atoms in total. The highest BCUT2D eigenvalue weighted by molar-refractivity contribution is 6.08. The fourth-order valence-corrected chi connectivity index (χ4v) is 5.20. The molecule has 210 valence electrons. The van der Waals surface area contributed by atoms with E-state index < -0.39 is 11.7 Å². The van der Waals surface area contributed by atoms with E-state index in [9.17, 15) is 14.0 Å². The van der Waals surface area contributed by atoms with E-state index in [4.69, 9.17) is 4.74 Å². The maximum atomic E-state index is 14.4. The summed E-state index contributed by atoms with van der Waals surface area (Å²) in [5.74, 6) is -0.475. The van der Waals surface area contributed by atoms with Crippen molar-refractivity contribution >= 4 is 34.7 Å². The van der Waals surface area contributed by atoms with Gasteiger partial charge in [0.15, 0.2) is 0 Å². The SMILES string of the molecule is Cc1ncc(NC(=O)c2cc(F)cc(N3CCCCC3)c2)cc1C(=O)Nc1ccc(N(C)C2CCOCC2)nc1. The Kier molecular flexibility index (Phi) is 8.54. The van der Waals surface area contributed by atoms with Gasteiger partial charge in [-0.3, -0.25) is 14.6 Å². The first-order chi connectivity index (χ1) is 19.4. The molecule has 40 heavy (non-hydrogen) atoms. The van der Waals surface area contributed by atoms with Crippen LogP contribution in [0.4, 0.5) is 27.3 Å². The third-order valence-electron chi connectivity index (χ3n) is 7.56. The number of carbonyl (C=O) groups is 2. The number of nitrogens with one attached hydrogen (secondary N) is 2. The molecule has 2 aliphatic heterocycles. The average Bonchev–Trinajstić information content (AvgIpc) is 2.98. The first kappa shape index (κ1) is 27.5. The normalized spacial score (nSPS) is 15.9. The van der Waals surface area contributed by atoms with Gasteiger partial charge in [-0.15, -0.1) is 0 Å². The number of hydrogen-bond acceptors (Lipinski definition) is 7. The standard InChI is InChI=1S/C30H35FN6O3/c1-20-27(30(39)34-23-6-7-28(33-18-23)36(2)25-8-12-40-13-9-25)17-24(19-32-20)35-29(38)21-14-22(31)16-26(15-21)37-10-4-3-5-11-37/h6-7,14-19,25H,3-5,8-13H2,1-2H3,(H,34,39)(H,35,38). The molecular weight excluding hydrogens is 511 g/mol. The van der Waals surface area contributed by atoms with Crippen molar-refractivity contribution in [1.29, 1.82) is 0 Å². The van der Waals surface area contributed by atoms with E-state index in [2.05, 4.69) is 30.4 Å². The number of pyridine rings is 2. The molecule has 2 N–H and O–H groups in total. The number of amides is 2. The fraction of sp³-hybridized carbons (Fsp3) is 0.400. The van der Waals surface area contributed by atoms with Crippen molar-refractivity contribution in [3.05, 3.63) is 71.4 Å². The summed E-state index contributed by atoms with van der Waals surface area (Å²) in [5.41, 5.74) is 2.63. The summed E-state index contributed by atoms with van der Waals surface area (Å²) < 4.78 is 19.8. The van der Waals surface area contributed by atoms with Crippen molar-refractivity contribution in [2.24, 2.45) is 0 Å².